The molecule has 0 rings (SSSR count). The van der Waals surface area contributed by atoms with Crippen molar-refractivity contribution in [1.29, 1.82) is 0 Å². The third kappa shape index (κ3) is 75.9. The van der Waals surface area contributed by atoms with Crippen LogP contribution in [0.25, 0.3) is 0 Å². The van der Waals surface area contributed by atoms with Crippen molar-refractivity contribution in [2.45, 2.75) is 465 Å². The SMILES string of the molecule is CCC(C)CCCCCCCCCCCCCCCCCCCCC(=O)OC[C@H](COP(=O)(O)OC[C@@H](O)COP(=O)(O)OC[C@@H](COC(=O)CCCCCCCCC(C)CC)OC(=O)CCCCCCCCCCC(C)CC)OC(=O)CCCCCCCCCCCCCCCCCCCCC(C)C. The normalized spacial score (nSPS) is 14.7. The van der Waals surface area contributed by atoms with Gasteiger partial charge in [-0.3, -0.25) is 37.3 Å². The molecule has 0 bridgehead atoms. The Labute approximate surface area is 645 Å². The Morgan fingerprint density at radius 3 is 0.676 bits per heavy atom. The van der Waals surface area contributed by atoms with Gasteiger partial charge in [-0.25, -0.2) is 9.13 Å². The highest BCUT2D eigenvalue weighted by Crippen LogP contribution is 2.45. The number of carbonyl (C=O) groups excluding carboxylic acids is 4. The van der Waals surface area contributed by atoms with Crippen molar-refractivity contribution in [1.82, 2.24) is 0 Å². The number of rotatable bonds is 83. The van der Waals surface area contributed by atoms with Crippen LogP contribution in [0.5, 0.6) is 0 Å². The van der Waals surface area contributed by atoms with Gasteiger partial charge in [0, 0.05) is 25.7 Å². The van der Waals surface area contributed by atoms with Gasteiger partial charge in [-0.15, -0.1) is 0 Å². The lowest BCUT2D eigenvalue weighted by atomic mass is 9.99. The molecule has 0 saturated heterocycles. The first kappa shape index (κ1) is 103. The van der Waals surface area contributed by atoms with Gasteiger partial charge >= 0.3 is 39.5 Å². The summed E-state index contributed by atoms with van der Waals surface area (Å²) < 4.78 is 68.8. The molecule has 0 heterocycles. The molecule has 5 unspecified atom stereocenters. The average molecular weight is 1540 g/mol. The Bertz CT molecular complexity index is 2050. The monoisotopic (exact) mass is 1540 g/mol. The maximum absolute atomic E-state index is 13.1. The molecule has 0 aromatic carbocycles. The summed E-state index contributed by atoms with van der Waals surface area (Å²) in [6.45, 7) is 14.3. The van der Waals surface area contributed by atoms with E-state index in [0.717, 1.165) is 120 Å². The fourth-order valence-corrected chi connectivity index (χ4v) is 14.8. The predicted molar refractivity (Wildman–Crippen MR) is 432 cm³/mol. The number of aliphatic hydroxyl groups is 1. The van der Waals surface area contributed by atoms with E-state index in [9.17, 15) is 43.2 Å². The van der Waals surface area contributed by atoms with E-state index < -0.39 is 97.5 Å². The van der Waals surface area contributed by atoms with Gasteiger partial charge in [0.05, 0.1) is 26.4 Å². The van der Waals surface area contributed by atoms with Crippen molar-refractivity contribution in [3.8, 4) is 0 Å². The zero-order chi connectivity index (χ0) is 77.4. The number of carbonyl (C=O) groups is 4. The van der Waals surface area contributed by atoms with Crippen molar-refractivity contribution in [3.05, 3.63) is 0 Å². The van der Waals surface area contributed by atoms with Crippen molar-refractivity contribution in [2.75, 3.05) is 39.6 Å². The minimum absolute atomic E-state index is 0.104. The lowest BCUT2D eigenvalue weighted by molar-refractivity contribution is -0.161. The quantitative estimate of drug-likeness (QED) is 0.0222. The first-order chi connectivity index (χ1) is 50.7. The van der Waals surface area contributed by atoms with E-state index in [-0.39, 0.29) is 25.7 Å². The van der Waals surface area contributed by atoms with Crippen LogP contribution in [0.15, 0.2) is 0 Å². The molecule has 0 amide bonds. The van der Waals surface area contributed by atoms with Crippen molar-refractivity contribution in [3.63, 3.8) is 0 Å². The lowest BCUT2D eigenvalue weighted by Crippen LogP contribution is -2.30. The molecule has 105 heavy (non-hydrogen) atoms. The predicted octanol–water partition coefficient (Wildman–Crippen LogP) is 25.9. The molecular formula is C86H168O17P2. The van der Waals surface area contributed by atoms with Crippen LogP contribution in [-0.2, 0) is 65.4 Å². The van der Waals surface area contributed by atoms with Gasteiger partial charge in [-0.2, -0.15) is 0 Å². The molecule has 0 aliphatic rings. The van der Waals surface area contributed by atoms with Crippen LogP contribution in [-0.4, -0.2) is 96.7 Å². The average Bonchev–Trinajstić information content (AvgIpc) is 0.940. The van der Waals surface area contributed by atoms with Gasteiger partial charge in [-0.05, 0) is 49.4 Å². The Morgan fingerprint density at radius 1 is 0.267 bits per heavy atom. The lowest BCUT2D eigenvalue weighted by Gasteiger charge is -2.21. The Morgan fingerprint density at radius 2 is 0.457 bits per heavy atom. The topological polar surface area (TPSA) is 237 Å². The van der Waals surface area contributed by atoms with E-state index in [2.05, 4.69) is 55.4 Å². The highest BCUT2D eigenvalue weighted by atomic mass is 31.2. The first-order valence-electron chi connectivity index (χ1n) is 44.3. The second kappa shape index (κ2) is 74.8. The van der Waals surface area contributed by atoms with Gasteiger partial charge < -0.3 is 33.8 Å². The summed E-state index contributed by atoms with van der Waals surface area (Å²) in [5.74, 6) is 1.08. The van der Waals surface area contributed by atoms with E-state index >= 15 is 0 Å². The molecule has 0 aliphatic carbocycles. The Balaban J connectivity index is 5.20. The van der Waals surface area contributed by atoms with E-state index in [1.165, 1.54) is 244 Å². The minimum atomic E-state index is -4.97. The number of hydrogen-bond acceptors (Lipinski definition) is 15. The standard InChI is InChI=1S/C86H168O17P2/c1-9-77(6)63-55-47-39-33-29-25-21-17-13-15-18-22-26-30-34-41-50-58-66-83(88)96-72-81(102-85(90)68-60-52-42-35-31-27-23-19-14-12-16-20-24-28-32-38-46-54-62-76(4)5)74-100-104(92,93)98-70-80(87)71-99-105(94,95)101-75-82(73-97-84(89)67-59-51-45-44-49-57-65-79(8)11-3)103-86(91)69-61-53-43-37-36-40-48-56-64-78(7)10-2/h76-82,87H,9-75H2,1-8H3,(H,92,93)(H,94,95)/t77?,78?,79?,80-,81-,82-/m1/s1. The van der Waals surface area contributed by atoms with Crippen molar-refractivity contribution >= 4 is 39.5 Å². The van der Waals surface area contributed by atoms with Crippen molar-refractivity contribution < 1.29 is 80.2 Å². The Kier molecular flexibility index (Phi) is 73.4. The fraction of sp³-hybridized carbons (Fsp3) is 0.953. The van der Waals surface area contributed by atoms with Gasteiger partial charge in [0.25, 0.3) is 0 Å². The summed E-state index contributed by atoms with van der Waals surface area (Å²) in [6, 6.07) is 0. The zero-order valence-electron chi connectivity index (χ0n) is 69.4. The summed E-state index contributed by atoms with van der Waals surface area (Å²) in [5.41, 5.74) is 0. The number of aliphatic hydroxyl groups excluding tert-OH is 1. The number of hydrogen-bond donors (Lipinski definition) is 3. The van der Waals surface area contributed by atoms with Gasteiger partial charge in [0.2, 0.25) is 0 Å². The van der Waals surface area contributed by atoms with Crippen LogP contribution in [0.1, 0.15) is 447 Å². The Hall–Kier alpha value is -1.94. The molecule has 0 aromatic rings. The first-order valence-corrected chi connectivity index (χ1v) is 47.3. The van der Waals surface area contributed by atoms with E-state index in [0.29, 0.717) is 25.7 Å². The molecule has 0 fully saturated rings. The van der Waals surface area contributed by atoms with E-state index in [1.54, 1.807) is 0 Å². The molecular weight excluding hydrogens is 1370 g/mol. The van der Waals surface area contributed by atoms with Gasteiger partial charge in [0.1, 0.15) is 19.3 Å². The van der Waals surface area contributed by atoms with Crippen LogP contribution in [0.2, 0.25) is 0 Å². The summed E-state index contributed by atoms with van der Waals surface area (Å²) in [7, 11) is -9.93. The van der Waals surface area contributed by atoms with Gasteiger partial charge in [-0.1, -0.05) is 396 Å². The molecule has 8 atom stereocenters. The second-order valence-electron chi connectivity index (χ2n) is 32.1. The molecule has 0 aliphatic heterocycles. The molecule has 0 radical (unpaired) electrons. The van der Waals surface area contributed by atoms with Crippen LogP contribution in [0, 0.1) is 23.7 Å². The van der Waals surface area contributed by atoms with Crippen LogP contribution in [0.3, 0.4) is 0 Å². The highest BCUT2D eigenvalue weighted by molar-refractivity contribution is 7.47. The maximum atomic E-state index is 13.1. The molecule has 19 heteroatoms. The minimum Gasteiger partial charge on any atom is -0.462 e. The number of esters is 4. The number of unbranched alkanes of at least 4 members (excludes halogenated alkanes) is 46. The molecule has 0 spiro atoms. The summed E-state index contributed by atoms with van der Waals surface area (Å²) in [5, 5.41) is 10.7. The maximum Gasteiger partial charge on any atom is 0.472 e. The number of phosphoric ester groups is 2. The fourth-order valence-electron chi connectivity index (χ4n) is 13.2. The third-order valence-corrected chi connectivity index (χ3v) is 23.1. The van der Waals surface area contributed by atoms with Crippen LogP contribution < -0.4 is 0 Å². The molecule has 0 aromatic heterocycles. The molecule has 3 N–H and O–H groups in total. The summed E-state index contributed by atoms with van der Waals surface area (Å²) in [6.07, 6.45) is 64.0. The van der Waals surface area contributed by atoms with Crippen LogP contribution >= 0.6 is 15.6 Å². The smallest absolute Gasteiger partial charge is 0.462 e. The van der Waals surface area contributed by atoms with E-state index in [1.807, 2.05) is 0 Å². The van der Waals surface area contributed by atoms with Gasteiger partial charge in [0.15, 0.2) is 12.2 Å². The molecule has 17 nitrogen and oxygen atoms in total. The second-order valence-corrected chi connectivity index (χ2v) is 35.0. The number of phosphoric acid groups is 2. The molecule has 624 valence electrons. The zero-order valence-corrected chi connectivity index (χ0v) is 71.2. The summed E-state index contributed by atoms with van der Waals surface area (Å²) in [4.78, 5) is 73.1. The van der Waals surface area contributed by atoms with Crippen molar-refractivity contribution in [2.24, 2.45) is 23.7 Å². The van der Waals surface area contributed by atoms with E-state index in [4.69, 9.17) is 37.0 Å². The largest absolute Gasteiger partial charge is 0.472 e. The van der Waals surface area contributed by atoms with Crippen LogP contribution in [0.4, 0.5) is 0 Å². The third-order valence-electron chi connectivity index (χ3n) is 21.2. The summed E-state index contributed by atoms with van der Waals surface area (Å²) >= 11 is 0. The molecule has 0 saturated carbocycles. The highest BCUT2D eigenvalue weighted by Gasteiger charge is 2.31. The number of ether oxygens (including phenoxy) is 4.